The van der Waals surface area contributed by atoms with Crippen molar-refractivity contribution in [3.05, 3.63) is 35.6 Å². The largest absolute Gasteiger partial charge is 0.378 e. The normalized spacial score (nSPS) is 30.0. The number of ether oxygens (including phenoxy) is 1. The molecule has 1 aliphatic carbocycles. The summed E-state index contributed by atoms with van der Waals surface area (Å²) < 4.78 is 25.5. The van der Waals surface area contributed by atoms with E-state index in [4.69, 9.17) is 4.74 Å². The van der Waals surface area contributed by atoms with Crippen LogP contribution >= 0.6 is 12.1 Å². The van der Waals surface area contributed by atoms with Crippen LogP contribution in [0.1, 0.15) is 43.6 Å². The van der Waals surface area contributed by atoms with Crippen molar-refractivity contribution in [2.75, 3.05) is 40.8 Å². The van der Waals surface area contributed by atoms with Crippen molar-refractivity contribution in [2.24, 2.45) is 5.92 Å². The molecule has 152 valence electrons. The van der Waals surface area contributed by atoms with Gasteiger partial charge in [0, 0.05) is 30.6 Å². The van der Waals surface area contributed by atoms with E-state index in [1.54, 1.807) is 18.2 Å². The summed E-state index contributed by atoms with van der Waals surface area (Å²) >= 11 is 1.68. The second-order valence-corrected chi connectivity index (χ2v) is 9.45. The second-order valence-electron chi connectivity index (χ2n) is 8.30. The Hall–Kier alpha value is -0.660. The van der Waals surface area contributed by atoms with E-state index in [9.17, 15) is 4.39 Å². The van der Waals surface area contributed by atoms with E-state index >= 15 is 0 Å². The molecule has 2 aliphatic rings. The quantitative estimate of drug-likeness (QED) is 0.707. The summed E-state index contributed by atoms with van der Waals surface area (Å²) in [6.45, 7) is 3.05. The lowest BCUT2D eigenvalue weighted by Crippen LogP contribution is -2.48. The van der Waals surface area contributed by atoms with Crippen molar-refractivity contribution >= 4 is 12.1 Å². The van der Waals surface area contributed by atoms with Gasteiger partial charge >= 0.3 is 0 Å². The topological polar surface area (TPSA) is 27.7 Å². The molecule has 2 unspecified atom stereocenters. The molecule has 2 atom stereocenters. The molecule has 0 radical (unpaired) electrons. The first-order chi connectivity index (χ1) is 13.0. The summed E-state index contributed by atoms with van der Waals surface area (Å²) in [5, 5.41) is 0. The third kappa shape index (κ3) is 6.43. The summed E-state index contributed by atoms with van der Waals surface area (Å²) in [6.07, 6.45) is 5.86. The predicted molar refractivity (Wildman–Crippen MR) is 111 cm³/mol. The Morgan fingerprint density at radius 2 is 2.00 bits per heavy atom. The number of nitrogens with one attached hydrogen (secondary N) is 1. The van der Waals surface area contributed by atoms with Crippen LogP contribution < -0.4 is 4.72 Å². The molecule has 1 saturated heterocycles. The maximum atomic E-state index is 13.5. The molecule has 0 bridgehead atoms. The summed E-state index contributed by atoms with van der Waals surface area (Å²) in [4.78, 5) is 2.41. The SMILES string of the molecule is CN1CCC(NSN(C)C)C(CO[C@H]2CC[C@@H](c3cccc(F)c3)CC2)C1. The van der Waals surface area contributed by atoms with E-state index in [-0.39, 0.29) is 5.82 Å². The zero-order valence-electron chi connectivity index (χ0n) is 16.9. The fourth-order valence-corrected chi connectivity index (χ4v) is 4.95. The minimum atomic E-state index is -0.124. The van der Waals surface area contributed by atoms with E-state index in [1.807, 2.05) is 6.07 Å². The highest BCUT2D eigenvalue weighted by Crippen LogP contribution is 2.34. The number of hydrogen-bond donors (Lipinski definition) is 1. The molecule has 4 nitrogen and oxygen atoms in total. The third-order valence-corrected chi connectivity index (χ3v) is 6.64. The maximum absolute atomic E-state index is 13.5. The van der Waals surface area contributed by atoms with Crippen LogP contribution in [0.2, 0.25) is 0 Å². The molecular formula is C21H34FN3OS. The Morgan fingerprint density at radius 3 is 2.70 bits per heavy atom. The minimum Gasteiger partial charge on any atom is -0.378 e. The summed E-state index contributed by atoms with van der Waals surface area (Å²) in [5.74, 6) is 0.880. The lowest BCUT2D eigenvalue weighted by molar-refractivity contribution is -0.0141. The number of rotatable bonds is 7. The zero-order valence-corrected chi connectivity index (χ0v) is 17.7. The van der Waals surface area contributed by atoms with Crippen molar-refractivity contribution in [2.45, 2.75) is 50.2 Å². The molecule has 2 fully saturated rings. The number of piperidine rings is 1. The first-order valence-electron chi connectivity index (χ1n) is 10.2. The molecule has 1 saturated carbocycles. The van der Waals surface area contributed by atoms with Gasteiger partial charge in [0.1, 0.15) is 5.82 Å². The third-order valence-electron chi connectivity index (χ3n) is 5.86. The lowest BCUT2D eigenvalue weighted by Gasteiger charge is -2.38. The first-order valence-corrected chi connectivity index (χ1v) is 10.9. The highest BCUT2D eigenvalue weighted by molar-refractivity contribution is 7.95. The van der Waals surface area contributed by atoms with Crippen molar-refractivity contribution in [1.29, 1.82) is 0 Å². The number of hydrogen-bond acceptors (Lipinski definition) is 5. The smallest absolute Gasteiger partial charge is 0.123 e. The molecule has 1 aromatic carbocycles. The van der Waals surface area contributed by atoms with Crippen molar-refractivity contribution in [1.82, 2.24) is 13.9 Å². The maximum Gasteiger partial charge on any atom is 0.123 e. The molecule has 1 heterocycles. The summed E-state index contributed by atoms with van der Waals surface area (Å²) in [5.41, 5.74) is 1.15. The van der Waals surface area contributed by atoms with Gasteiger partial charge in [-0.15, -0.1) is 0 Å². The standard InChI is InChI=1S/C21H34FN3OS/c1-24(2)27-23-21-11-12-25(3)14-18(21)15-26-20-9-7-16(8-10-20)17-5-4-6-19(22)13-17/h4-6,13,16,18,20-21,23H,7-12,14-15H2,1-3H3/t16-,18?,20+,21?. The molecule has 27 heavy (non-hydrogen) atoms. The Morgan fingerprint density at radius 1 is 1.22 bits per heavy atom. The van der Waals surface area contributed by atoms with Gasteiger partial charge in [0.05, 0.1) is 12.7 Å². The molecule has 0 spiro atoms. The number of halogens is 1. The van der Waals surface area contributed by atoms with Crippen LogP contribution in [0.3, 0.4) is 0 Å². The van der Waals surface area contributed by atoms with Crippen molar-refractivity contribution in [3.8, 4) is 0 Å². The zero-order chi connectivity index (χ0) is 19.2. The van der Waals surface area contributed by atoms with Gasteiger partial charge in [-0.1, -0.05) is 12.1 Å². The summed E-state index contributed by atoms with van der Waals surface area (Å²) in [6, 6.07) is 7.61. The monoisotopic (exact) mass is 395 g/mol. The Balaban J connectivity index is 1.45. The Labute approximate surface area is 168 Å². The molecule has 1 aliphatic heterocycles. The van der Waals surface area contributed by atoms with Gasteiger partial charge in [0.15, 0.2) is 0 Å². The van der Waals surface area contributed by atoms with Gasteiger partial charge in [-0.25, -0.2) is 13.4 Å². The highest BCUT2D eigenvalue weighted by Gasteiger charge is 2.30. The van der Waals surface area contributed by atoms with Crippen LogP contribution in [-0.2, 0) is 4.74 Å². The van der Waals surface area contributed by atoms with Crippen LogP contribution in [0, 0.1) is 11.7 Å². The van der Waals surface area contributed by atoms with E-state index in [1.165, 1.54) is 6.07 Å². The second kappa shape index (κ2) is 10.2. The average Bonchev–Trinajstić information content (AvgIpc) is 2.66. The molecule has 3 rings (SSSR count). The Bertz CT molecular complexity index is 580. The average molecular weight is 396 g/mol. The molecule has 1 N–H and O–H groups in total. The fraction of sp³-hybridized carbons (Fsp3) is 0.714. The molecule has 1 aromatic rings. The van der Waals surface area contributed by atoms with E-state index in [0.717, 1.165) is 57.4 Å². The fourth-order valence-electron chi connectivity index (χ4n) is 4.29. The van der Waals surface area contributed by atoms with Gasteiger partial charge in [-0.05, 0) is 83.4 Å². The first kappa shape index (κ1) is 21.1. The van der Waals surface area contributed by atoms with Crippen LogP contribution in [-0.4, -0.2) is 62.2 Å². The number of nitrogens with zero attached hydrogens (tertiary/aromatic N) is 2. The van der Waals surface area contributed by atoms with Crippen molar-refractivity contribution < 1.29 is 9.13 Å². The molecular weight excluding hydrogens is 361 g/mol. The van der Waals surface area contributed by atoms with Gasteiger partial charge < -0.3 is 9.64 Å². The van der Waals surface area contributed by atoms with E-state index in [2.05, 4.69) is 41.1 Å². The van der Waals surface area contributed by atoms with Crippen molar-refractivity contribution in [3.63, 3.8) is 0 Å². The van der Waals surface area contributed by atoms with Crippen LogP contribution in [0.5, 0.6) is 0 Å². The van der Waals surface area contributed by atoms with E-state index < -0.39 is 0 Å². The van der Waals surface area contributed by atoms with Gasteiger partial charge in [-0.2, -0.15) is 0 Å². The summed E-state index contributed by atoms with van der Waals surface area (Å²) in [7, 11) is 6.33. The highest BCUT2D eigenvalue weighted by atomic mass is 32.2. The molecule has 6 heteroatoms. The Kier molecular flexibility index (Phi) is 7.97. The number of benzene rings is 1. The van der Waals surface area contributed by atoms with Crippen LogP contribution in [0.25, 0.3) is 0 Å². The van der Waals surface area contributed by atoms with Crippen LogP contribution in [0.4, 0.5) is 4.39 Å². The van der Waals surface area contributed by atoms with Gasteiger partial charge in [0.2, 0.25) is 0 Å². The van der Waals surface area contributed by atoms with E-state index in [0.29, 0.717) is 24.0 Å². The minimum absolute atomic E-state index is 0.124. The van der Waals surface area contributed by atoms with Crippen LogP contribution in [0.15, 0.2) is 24.3 Å². The molecule has 0 amide bonds. The lowest BCUT2D eigenvalue weighted by atomic mass is 9.82. The van der Waals surface area contributed by atoms with Gasteiger partial charge in [0.25, 0.3) is 0 Å². The number of likely N-dealkylation sites (tertiary alicyclic amines) is 1. The predicted octanol–water partition coefficient (Wildman–Crippen LogP) is 3.90. The molecule has 0 aromatic heterocycles. The van der Waals surface area contributed by atoms with Gasteiger partial charge in [-0.3, -0.25) is 0 Å².